The summed E-state index contributed by atoms with van der Waals surface area (Å²) >= 11 is 0. The van der Waals surface area contributed by atoms with Crippen LogP contribution in [-0.4, -0.2) is 12.3 Å². The quantitative estimate of drug-likeness (QED) is 0.657. The van der Waals surface area contributed by atoms with Crippen molar-refractivity contribution in [3.63, 3.8) is 0 Å². The summed E-state index contributed by atoms with van der Waals surface area (Å²) in [6, 6.07) is 8.85. The molecule has 2 aliphatic carbocycles. The zero-order valence-corrected chi connectivity index (χ0v) is 11.6. The maximum atomic E-state index is 2.51. The van der Waals surface area contributed by atoms with Crippen LogP contribution in [0.1, 0.15) is 30.4 Å². The molecule has 1 fully saturated rings. The van der Waals surface area contributed by atoms with Crippen molar-refractivity contribution < 1.29 is 0 Å². The first-order valence-electron chi connectivity index (χ1n) is 6.83. The van der Waals surface area contributed by atoms with Crippen molar-refractivity contribution in [1.82, 2.24) is 0 Å². The van der Waals surface area contributed by atoms with Crippen molar-refractivity contribution in [2.24, 2.45) is 0 Å². The van der Waals surface area contributed by atoms with Gasteiger partial charge in [0.05, 0.1) is 0 Å². The van der Waals surface area contributed by atoms with Gasteiger partial charge in [-0.2, -0.15) is 0 Å². The maximum absolute atomic E-state index is 2.51. The van der Waals surface area contributed by atoms with E-state index < -0.39 is 0 Å². The van der Waals surface area contributed by atoms with Gasteiger partial charge in [-0.25, -0.2) is 0 Å². The van der Waals surface area contributed by atoms with E-state index in [1.807, 2.05) is 0 Å². The molecule has 4 rings (SSSR count). The van der Waals surface area contributed by atoms with E-state index in [2.05, 4.69) is 49.4 Å². The zero-order chi connectivity index (χ0) is 12.1. The van der Waals surface area contributed by atoms with E-state index in [0.29, 0.717) is 5.92 Å². The average Bonchev–Trinajstić information content (AvgIpc) is 2.92. The van der Waals surface area contributed by atoms with Crippen LogP contribution in [-0.2, 0) is 0 Å². The van der Waals surface area contributed by atoms with Gasteiger partial charge in [0.2, 0.25) is 0 Å². The monoisotopic (exact) mass is 252 g/mol. The maximum Gasteiger partial charge on any atom is 0.0246 e. The molecule has 2 unspecified atom stereocenters. The van der Waals surface area contributed by atoms with Gasteiger partial charge in [0.15, 0.2) is 0 Å². The lowest BCUT2D eigenvalue weighted by molar-refractivity contribution is 0.959. The van der Waals surface area contributed by atoms with E-state index in [-0.39, 0.29) is 7.92 Å². The van der Waals surface area contributed by atoms with Crippen molar-refractivity contribution in [2.75, 3.05) is 12.3 Å². The molecule has 1 saturated heterocycles. The third-order valence-electron chi connectivity index (χ3n) is 4.46. The fraction of sp³-hybridized carbons (Fsp3) is 0.294. The topological polar surface area (TPSA) is 0 Å². The fourth-order valence-electron chi connectivity index (χ4n) is 3.45. The molecule has 0 radical (unpaired) electrons. The Kier molecular flexibility index (Phi) is 2.35. The zero-order valence-electron chi connectivity index (χ0n) is 10.7. The minimum atomic E-state index is 0.235. The molecule has 90 valence electrons. The number of benzene rings is 1. The molecule has 1 aromatic rings. The minimum absolute atomic E-state index is 0.235. The van der Waals surface area contributed by atoms with Crippen LogP contribution in [0, 0.1) is 0 Å². The third kappa shape index (κ3) is 1.36. The molecule has 0 aromatic heterocycles. The second-order valence-electron chi connectivity index (χ2n) is 5.28. The highest BCUT2D eigenvalue weighted by atomic mass is 31.1. The lowest BCUT2D eigenvalue weighted by Gasteiger charge is -2.33. The molecule has 2 atom stereocenters. The molecular weight excluding hydrogens is 235 g/mol. The summed E-state index contributed by atoms with van der Waals surface area (Å²) in [6.45, 7) is 2.34. The molecule has 1 heterocycles. The number of rotatable bonds is 2. The molecule has 0 bridgehead atoms. The summed E-state index contributed by atoms with van der Waals surface area (Å²) in [7, 11) is 0.235. The predicted octanol–water partition coefficient (Wildman–Crippen LogP) is 4.90. The standard InChI is InChI=1S/C17H17P/c1-2-18-11-16-15(9-10-17(16)18)14-8-7-12-5-3-4-6-13(12)14/h3-8,10,14H,2,9,11H2,1H3. The van der Waals surface area contributed by atoms with Crippen molar-refractivity contribution >= 4 is 14.0 Å². The lowest BCUT2D eigenvalue weighted by atomic mass is 9.90. The normalized spacial score (nSPS) is 27.9. The summed E-state index contributed by atoms with van der Waals surface area (Å²) in [5, 5.41) is 1.74. The SMILES string of the molecule is CCP1CC2=C(C3C=Cc4ccccc43)CC=C21. The predicted molar refractivity (Wildman–Crippen MR) is 80.3 cm³/mol. The number of allylic oxidation sites excluding steroid dienone is 5. The Morgan fingerprint density at radius 2 is 2.17 bits per heavy atom. The van der Waals surface area contributed by atoms with E-state index >= 15 is 0 Å². The van der Waals surface area contributed by atoms with Crippen molar-refractivity contribution in [3.8, 4) is 0 Å². The second kappa shape index (κ2) is 3.93. The Morgan fingerprint density at radius 3 is 3.06 bits per heavy atom. The van der Waals surface area contributed by atoms with Crippen LogP contribution in [0.5, 0.6) is 0 Å². The van der Waals surface area contributed by atoms with E-state index in [1.165, 1.54) is 29.9 Å². The van der Waals surface area contributed by atoms with Gasteiger partial charge < -0.3 is 0 Å². The smallest absolute Gasteiger partial charge is 0.0246 e. The first kappa shape index (κ1) is 10.8. The summed E-state index contributed by atoms with van der Waals surface area (Å²) in [4.78, 5) is 0. The van der Waals surface area contributed by atoms with Crippen molar-refractivity contribution in [1.29, 1.82) is 0 Å². The molecule has 1 aromatic carbocycles. The van der Waals surface area contributed by atoms with Gasteiger partial charge in [0, 0.05) is 5.92 Å². The van der Waals surface area contributed by atoms with E-state index in [9.17, 15) is 0 Å². The van der Waals surface area contributed by atoms with Crippen LogP contribution in [0.3, 0.4) is 0 Å². The Labute approximate surface area is 110 Å². The van der Waals surface area contributed by atoms with Gasteiger partial charge >= 0.3 is 0 Å². The molecule has 0 N–H and O–H groups in total. The van der Waals surface area contributed by atoms with Crippen LogP contribution >= 0.6 is 7.92 Å². The molecule has 0 amide bonds. The second-order valence-corrected chi connectivity index (χ2v) is 7.79. The largest absolute Gasteiger partial charge is 0.0724 e. The summed E-state index contributed by atoms with van der Waals surface area (Å²) in [6.07, 6.45) is 11.2. The molecule has 18 heavy (non-hydrogen) atoms. The van der Waals surface area contributed by atoms with E-state index in [1.54, 1.807) is 16.5 Å². The van der Waals surface area contributed by atoms with Crippen LogP contribution in [0.2, 0.25) is 0 Å². The first-order chi connectivity index (χ1) is 8.88. The molecule has 0 spiro atoms. The van der Waals surface area contributed by atoms with Crippen molar-refractivity contribution in [3.05, 3.63) is 64.0 Å². The Morgan fingerprint density at radius 1 is 1.28 bits per heavy atom. The Balaban J connectivity index is 1.71. The number of hydrogen-bond donors (Lipinski definition) is 0. The van der Waals surface area contributed by atoms with Crippen LogP contribution < -0.4 is 0 Å². The van der Waals surface area contributed by atoms with Gasteiger partial charge in [0.25, 0.3) is 0 Å². The van der Waals surface area contributed by atoms with Gasteiger partial charge in [-0.1, -0.05) is 62.9 Å². The van der Waals surface area contributed by atoms with Crippen LogP contribution in [0.25, 0.3) is 6.08 Å². The molecule has 1 heteroatoms. The number of hydrogen-bond acceptors (Lipinski definition) is 0. The van der Waals surface area contributed by atoms with Gasteiger partial charge in [0.1, 0.15) is 0 Å². The minimum Gasteiger partial charge on any atom is -0.0724 e. The van der Waals surface area contributed by atoms with E-state index in [4.69, 9.17) is 0 Å². The first-order valence-corrected chi connectivity index (χ1v) is 8.54. The van der Waals surface area contributed by atoms with Gasteiger partial charge in [-0.05, 0) is 40.8 Å². The van der Waals surface area contributed by atoms with Crippen molar-refractivity contribution in [2.45, 2.75) is 19.3 Å². The Bertz CT molecular complexity index is 604. The van der Waals surface area contributed by atoms with Crippen LogP contribution in [0.15, 0.2) is 52.9 Å². The third-order valence-corrected chi connectivity index (χ3v) is 7.05. The number of fused-ring (bicyclic) bond motifs is 2. The van der Waals surface area contributed by atoms with E-state index in [0.717, 1.165) is 0 Å². The molecule has 3 aliphatic rings. The van der Waals surface area contributed by atoms with Gasteiger partial charge in [-0.3, -0.25) is 0 Å². The highest BCUT2D eigenvalue weighted by Gasteiger charge is 2.36. The average molecular weight is 252 g/mol. The molecule has 0 saturated carbocycles. The fourth-order valence-corrected chi connectivity index (χ4v) is 5.63. The highest BCUT2D eigenvalue weighted by molar-refractivity contribution is 7.65. The summed E-state index contributed by atoms with van der Waals surface area (Å²) < 4.78 is 0. The summed E-state index contributed by atoms with van der Waals surface area (Å²) in [5.74, 6) is 0.568. The highest BCUT2D eigenvalue weighted by Crippen LogP contribution is 2.64. The van der Waals surface area contributed by atoms with Gasteiger partial charge in [-0.15, -0.1) is 0 Å². The van der Waals surface area contributed by atoms with Crippen LogP contribution in [0.4, 0.5) is 0 Å². The summed E-state index contributed by atoms with van der Waals surface area (Å²) in [5.41, 5.74) is 6.34. The molecular formula is C17H17P. The molecule has 0 nitrogen and oxygen atoms in total. The lowest BCUT2D eigenvalue weighted by Crippen LogP contribution is -2.10. The Hall–Kier alpha value is -1.13. The molecule has 1 aliphatic heterocycles.